The number of likely N-dealkylation sites (tertiary alicyclic amines) is 1. The quantitative estimate of drug-likeness (QED) is 0.217. The third-order valence-corrected chi connectivity index (χ3v) is 8.71. The molecule has 1 unspecified atom stereocenters. The molecule has 2 aliphatic rings. The van der Waals surface area contributed by atoms with Crippen LogP contribution in [-0.2, 0) is 36.8 Å². The average Bonchev–Trinajstić information content (AvgIpc) is 3.33. The molecule has 4 rings (SSSR count). The van der Waals surface area contributed by atoms with Gasteiger partial charge in [-0.25, -0.2) is 0 Å². The van der Waals surface area contributed by atoms with E-state index in [2.05, 4.69) is 28.1 Å². The van der Waals surface area contributed by atoms with Crippen LogP contribution in [0.3, 0.4) is 0 Å². The number of carbonyl (C=O) groups is 5. The fourth-order valence-electron chi connectivity index (χ4n) is 6.48. The number of primary amides is 1. The average molecular weight is 649 g/mol. The summed E-state index contributed by atoms with van der Waals surface area (Å²) in [5.41, 5.74) is 5.49. The van der Waals surface area contributed by atoms with Crippen molar-refractivity contribution in [2.24, 2.45) is 5.73 Å². The van der Waals surface area contributed by atoms with Crippen molar-refractivity contribution in [3.63, 3.8) is 0 Å². The van der Waals surface area contributed by atoms with Crippen LogP contribution in [0, 0.1) is 0 Å². The van der Waals surface area contributed by atoms with Gasteiger partial charge in [0.05, 0.1) is 12.5 Å². The number of nitrogens with two attached hydrogens (primary N) is 1. The van der Waals surface area contributed by atoms with Gasteiger partial charge in [-0.05, 0) is 76.5 Å². The molecule has 6 N–H and O–H groups in total. The minimum atomic E-state index is -2.07. The van der Waals surface area contributed by atoms with Crippen molar-refractivity contribution in [2.45, 2.75) is 102 Å². The zero-order chi connectivity index (χ0) is 34.4. The molecular weight excluding hydrogens is 600 g/mol. The zero-order valence-corrected chi connectivity index (χ0v) is 27.8. The molecule has 254 valence electrons. The predicted octanol–water partition coefficient (Wildman–Crippen LogP) is 1.53. The Morgan fingerprint density at radius 1 is 1.00 bits per heavy atom. The van der Waals surface area contributed by atoms with Gasteiger partial charge >= 0.3 is 0 Å². The van der Waals surface area contributed by atoms with Crippen LogP contribution >= 0.6 is 0 Å². The highest BCUT2D eigenvalue weighted by molar-refractivity contribution is 6.02. The number of aliphatic hydroxyl groups is 1. The van der Waals surface area contributed by atoms with Crippen LogP contribution in [0.5, 0.6) is 0 Å². The van der Waals surface area contributed by atoms with Crippen molar-refractivity contribution >= 4 is 35.2 Å². The molecule has 12 nitrogen and oxygen atoms in total. The lowest BCUT2D eigenvalue weighted by Crippen LogP contribution is -2.68. The van der Waals surface area contributed by atoms with Crippen molar-refractivity contribution < 1.29 is 29.1 Å². The van der Waals surface area contributed by atoms with E-state index >= 15 is 0 Å². The summed E-state index contributed by atoms with van der Waals surface area (Å²) >= 11 is 0. The van der Waals surface area contributed by atoms with Crippen LogP contribution in [0.1, 0.15) is 70.9 Å². The number of unbranched alkanes of at least 4 members (excludes halogenated alkanes) is 1. The first-order chi connectivity index (χ1) is 22.2. The molecule has 0 spiro atoms. The number of amides is 5. The van der Waals surface area contributed by atoms with E-state index in [4.69, 9.17) is 5.73 Å². The number of anilines is 1. The number of aryl methyl sites for hydroxylation is 2. The molecule has 1 saturated heterocycles. The highest BCUT2D eigenvalue weighted by atomic mass is 16.3. The van der Waals surface area contributed by atoms with E-state index in [1.807, 2.05) is 30.3 Å². The molecule has 2 aromatic carbocycles. The number of rotatable bonds is 12. The molecule has 1 fully saturated rings. The molecule has 0 aliphatic carbocycles. The number of carbonyl (C=O) groups excluding carboxylic acids is 5. The van der Waals surface area contributed by atoms with E-state index in [0.29, 0.717) is 38.0 Å². The van der Waals surface area contributed by atoms with Gasteiger partial charge in [-0.2, -0.15) is 0 Å². The first-order valence-electron chi connectivity index (χ1n) is 16.3. The summed E-state index contributed by atoms with van der Waals surface area (Å²) in [5.74, 6) is -3.18. The maximum atomic E-state index is 13.7. The summed E-state index contributed by atoms with van der Waals surface area (Å²) in [5, 5.41) is 20.3. The molecule has 2 aromatic rings. The molecule has 0 radical (unpaired) electrons. The van der Waals surface area contributed by atoms with Crippen LogP contribution in [0.2, 0.25) is 0 Å². The number of para-hydroxylation sites is 1. The summed E-state index contributed by atoms with van der Waals surface area (Å²) < 4.78 is 0. The Bertz CT molecular complexity index is 1460. The van der Waals surface area contributed by atoms with Gasteiger partial charge in [-0.15, -0.1) is 0 Å². The van der Waals surface area contributed by atoms with Gasteiger partial charge in [0, 0.05) is 31.2 Å². The molecule has 0 saturated carbocycles. The van der Waals surface area contributed by atoms with Crippen molar-refractivity contribution in [3.05, 3.63) is 65.7 Å². The Balaban J connectivity index is 1.49. The molecule has 2 heterocycles. The van der Waals surface area contributed by atoms with Crippen molar-refractivity contribution in [3.8, 4) is 0 Å². The Morgan fingerprint density at radius 3 is 2.34 bits per heavy atom. The summed E-state index contributed by atoms with van der Waals surface area (Å²) in [6.07, 6.45) is 3.01. The van der Waals surface area contributed by atoms with Crippen molar-refractivity contribution in [1.29, 1.82) is 0 Å². The summed E-state index contributed by atoms with van der Waals surface area (Å²) in [6, 6.07) is 14.0. The Hall–Kier alpha value is -4.29. The van der Waals surface area contributed by atoms with Crippen molar-refractivity contribution in [1.82, 2.24) is 20.9 Å². The fraction of sp³-hybridized carbons (Fsp3) is 0.514. The highest BCUT2D eigenvalue weighted by Crippen LogP contribution is 2.32. The fourth-order valence-corrected chi connectivity index (χ4v) is 6.48. The third kappa shape index (κ3) is 8.75. The third-order valence-electron chi connectivity index (χ3n) is 8.71. The van der Waals surface area contributed by atoms with Gasteiger partial charge in [0.25, 0.3) is 5.91 Å². The SMILES string of the molecule is CC(=O)N1c2ccccc2CCC1C(=O)N[C@@H](CC(N)=O)C(=O)N[C@H]1CCN(CCCCc2ccccc2)[C@]1(O)C(=O)NC(C)(C)C. The smallest absolute Gasteiger partial charge is 0.270 e. The van der Waals surface area contributed by atoms with E-state index in [1.54, 1.807) is 37.8 Å². The Labute approximate surface area is 276 Å². The molecule has 5 amide bonds. The maximum Gasteiger partial charge on any atom is 0.270 e. The van der Waals surface area contributed by atoms with Crippen LogP contribution in [-0.4, -0.2) is 82.0 Å². The second-order valence-corrected chi connectivity index (χ2v) is 13.5. The lowest BCUT2D eigenvalue weighted by molar-refractivity contribution is -0.164. The van der Waals surface area contributed by atoms with Crippen molar-refractivity contribution in [2.75, 3.05) is 18.0 Å². The lowest BCUT2D eigenvalue weighted by atomic mass is 9.94. The normalized spacial score (nSPS) is 21.8. The van der Waals surface area contributed by atoms with E-state index in [-0.39, 0.29) is 12.3 Å². The number of fused-ring (bicyclic) bond motifs is 1. The molecular formula is C35H48N6O6. The summed E-state index contributed by atoms with van der Waals surface area (Å²) in [4.78, 5) is 68.7. The van der Waals surface area contributed by atoms with Crippen LogP contribution in [0.4, 0.5) is 5.69 Å². The molecule has 12 heteroatoms. The molecule has 0 bridgehead atoms. The minimum absolute atomic E-state index is 0.257. The minimum Gasteiger partial charge on any atom is -0.370 e. The summed E-state index contributed by atoms with van der Waals surface area (Å²) in [6.45, 7) is 7.52. The van der Waals surface area contributed by atoms with Crippen LogP contribution < -0.4 is 26.6 Å². The highest BCUT2D eigenvalue weighted by Gasteiger charge is 2.54. The van der Waals surface area contributed by atoms with Crippen LogP contribution in [0.15, 0.2) is 54.6 Å². The predicted molar refractivity (Wildman–Crippen MR) is 178 cm³/mol. The molecule has 4 atom stereocenters. The van der Waals surface area contributed by atoms with Crippen LogP contribution in [0.25, 0.3) is 0 Å². The first kappa shape index (κ1) is 35.6. The largest absolute Gasteiger partial charge is 0.370 e. The van der Waals surface area contributed by atoms with E-state index in [0.717, 1.165) is 18.4 Å². The Morgan fingerprint density at radius 2 is 1.68 bits per heavy atom. The molecule has 0 aromatic heterocycles. The second kappa shape index (κ2) is 15.1. The summed E-state index contributed by atoms with van der Waals surface area (Å²) in [7, 11) is 0. The van der Waals surface area contributed by atoms with Gasteiger partial charge in [0.15, 0.2) is 0 Å². The first-order valence-corrected chi connectivity index (χ1v) is 16.3. The van der Waals surface area contributed by atoms with E-state index < -0.39 is 59.4 Å². The Kier molecular flexibility index (Phi) is 11.4. The van der Waals surface area contributed by atoms with Gasteiger partial charge in [0.2, 0.25) is 29.4 Å². The topological polar surface area (TPSA) is 174 Å². The number of benzene rings is 2. The van der Waals surface area contributed by atoms with Gasteiger partial charge in [-0.1, -0.05) is 48.5 Å². The van der Waals surface area contributed by atoms with E-state index in [9.17, 15) is 29.1 Å². The maximum absolute atomic E-state index is 13.7. The number of nitrogens with one attached hydrogen (secondary N) is 3. The number of nitrogens with zero attached hydrogens (tertiary/aromatic N) is 2. The number of hydrogen-bond donors (Lipinski definition) is 5. The van der Waals surface area contributed by atoms with Gasteiger partial charge in [-0.3, -0.25) is 33.8 Å². The standard InChI is InChI=1S/C35H48N6O6/c1-23(42)41-27-16-9-8-15-25(27)17-18-28(41)32(45)37-26(22-30(36)43)31(44)38-29-19-21-40(35(29,47)33(46)39-34(2,3)4)20-11-10-14-24-12-6-5-7-13-24/h5-9,12-13,15-16,26,28-29,47H,10-11,14,17-22H2,1-4H3,(H2,36,43)(H,37,45)(H,38,44)(H,39,46)/t26-,28?,29-,35+/m0/s1. The number of hydrogen-bond acceptors (Lipinski definition) is 7. The zero-order valence-electron chi connectivity index (χ0n) is 27.8. The molecule has 47 heavy (non-hydrogen) atoms. The molecule has 2 aliphatic heterocycles. The van der Waals surface area contributed by atoms with Gasteiger partial charge in [0.1, 0.15) is 12.1 Å². The van der Waals surface area contributed by atoms with Gasteiger partial charge < -0.3 is 26.8 Å². The monoisotopic (exact) mass is 648 g/mol. The van der Waals surface area contributed by atoms with E-state index in [1.165, 1.54) is 17.4 Å². The lowest BCUT2D eigenvalue weighted by Gasteiger charge is -2.39. The second-order valence-electron chi connectivity index (χ2n) is 13.5.